The molecule has 0 bridgehead atoms. The van der Waals surface area contributed by atoms with E-state index >= 15 is 0 Å². The van der Waals surface area contributed by atoms with Crippen LogP contribution in [0.25, 0.3) is 10.1 Å². The molecule has 0 spiro atoms. The van der Waals surface area contributed by atoms with Crippen LogP contribution in [0.3, 0.4) is 0 Å². The Morgan fingerprint density at radius 2 is 2.00 bits per heavy atom. The molecular formula is C9H9NO4S2. The van der Waals surface area contributed by atoms with Gasteiger partial charge in [-0.2, -0.15) is 8.42 Å². The van der Waals surface area contributed by atoms with Gasteiger partial charge >= 0.3 is 0 Å². The zero-order valence-corrected chi connectivity index (χ0v) is 9.79. The van der Waals surface area contributed by atoms with Crippen LogP contribution in [-0.4, -0.2) is 22.7 Å². The van der Waals surface area contributed by atoms with Gasteiger partial charge in [0, 0.05) is 0 Å². The van der Waals surface area contributed by atoms with Crippen LogP contribution in [0.4, 0.5) is 0 Å². The molecule has 0 aliphatic carbocycles. The second kappa shape index (κ2) is 4.00. The average molecular weight is 259 g/mol. The van der Waals surface area contributed by atoms with Crippen molar-refractivity contribution >= 4 is 31.7 Å². The summed E-state index contributed by atoms with van der Waals surface area (Å²) in [6, 6.07) is 7.05. The lowest BCUT2D eigenvalue weighted by Crippen LogP contribution is -2.18. The van der Waals surface area contributed by atoms with E-state index in [1.165, 1.54) is 15.5 Å². The minimum atomic E-state index is -4.03. The number of hydrogen-bond acceptors (Lipinski definition) is 4. The molecule has 0 aliphatic heterocycles. The number of hydrogen-bond donors (Lipinski definition) is 1. The number of benzene rings is 1. The molecule has 2 aromatic rings. The minimum absolute atomic E-state index is 0.0169. The summed E-state index contributed by atoms with van der Waals surface area (Å²) in [6.45, 7) is -0.0169. The Morgan fingerprint density at radius 1 is 1.31 bits per heavy atom. The highest BCUT2D eigenvalue weighted by Crippen LogP contribution is 2.15. The van der Waals surface area contributed by atoms with Gasteiger partial charge in [0.25, 0.3) is 15.7 Å². The highest BCUT2D eigenvalue weighted by atomic mass is 32.2. The van der Waals surface area contributed by atoms with E-state index in [0.717, 1.165) is 4.70 Å². The molecule has 1 N–H and O–H groups in total. The monoisotopic (exact) mass is 259 g/mol. The van der Waals surface area contributed by atoms with Crippen molar-refractivity contribution in [2.24, 2.45) is 0 Å². The molecule has 5 nitrogen and oxygen atoms in total. The summed E-state index contributed by atoms with van der Waals surface area (Å²) in [5.41, 5.74) is -0.218. The van der Waals surface area contributed by atoms with E-state index < -0.39 is 15.9 Å². The maximum absolute atomic E-state index is 11.7. The molecule has 0 atom stereocenters. The first-order chi connectivity index (χ1) is 7.47. The van der Waals surface area contributed by atoms with Gasteiger partial charge in [0.2, 0.25) is 0 Å². The Hall–Kier alpha value is -1.18. The summed E-state index contributed by atoms with van der Waals surface area (Å²) >= 11 is 1.19. The third-order valence-electron chi connectivity index (χ3n) is 2.10. The van der Waals surface area contributed by atoms with E-state index in [1.54, 1.807) is 18.2 Å². The lowest BCUT2D eigenvalue weighted by Gasteiger charge is -1.96. The second-order valence-electron chi connectivity index (χ2n) is 3.28. The third-order valence-corrected chi connectivity index (χ3v) is 3.92. The summed E-state index contributed by atoms with van der Waals surface area (Å²) in [7, 11) is -4.03. The minimum Gasteiger partial charge on any atom is -0.285 e. The van der Waals surface area contributed by atoms with Crippen LogP contribution in [0, 0.1) is 0 Å². The Labute approximate surface area is 95.8 Å². The van der Waals surface area contributed by atoms with Crippen molar-refractivity contribution in [3.63, 3.8) is 0 Å². The first-order valence-corrected chi connectivity index (χ1v) is 6.90. The van der Waals surface area contributed by atoms with E-state index in [2.05, 4.69) is 0 Å². The Balaban J connectivity index is 2.39. The predicted molar refractivity (Wildman–Crippen MR) is 62.5 cm³/mol. The fraction of sp³-hybridized carbons (Fsp3) is 0.222. The molecule has 1 heterocycles. The Morgan fingerprint density at radius 3 is 2.62 bits per heavy atom. The smallest absolute Gasteiger partial charge is 0.268 e. The highest BCUT2D eigenvalue weighted by molar-refractivity contribution is 7.85. The van der Waals surface area contributed by atoms with Gasteiger partial charge in [-0.15, -0.1) is 0 Å². The quantitative estimate of drug-likeness (QED) is 0.833. The van der Waals surface area contributed by atoms with Gasteiger partial charge in [0.05, 0.1) is 22.4 Å². The second-order valence-corrected chi connectivity index (χ2v) is 5.92. The van der Waals surface area contributed by atoms with Crippen molar-refractivity contribution < 1.29 is 13.0 Å². The van der Waals surface area contributed by atoms with E-state index in [4.69, 9.17) is 4.55 Å². The van der Waals surface area contributed by atoms with Gasteiger partial charge in [-0.05, 0) is 12.1 Å². The molecule has 0 unspecified atom stereocenters. The normalized spacial score (nSPS) is 12.1. The van der Waals surface area contributed by atoms with E-state index in [0.29, 0.717) is 5.39 Å². The van der Waals surface area contributed by atoms with Crippen LogP contribution >= 0.6 is 11.5 Å². The van der Waals surface area contributed by atoms with E-state index in [9.17, 15) is 13.2 Å². The molecule has 1 aromatic carbocycles. The molecule has 0 fully saturated rings. The first kappa shape index (κ1) is 11.3. The number of rotatable bonds is 3. The van der Waals surface area contributed by atoms with Crippen LogP contribution in [0.5, 0.6) is 0 Å². The number of fused-ring (bicyclic) bond motifs is 1. The van der Waals surface area contributed by atoms with E-state index in [-0.39, 0.29) is 12.1 Å². The van der Waals surface area contributed by atoms with Gasteiger partial charge in [0.1, 0.15) is 0 Å². The summed E-state index contributed by atoms with van der Waals surface area (Å²) in [5.74, 6) is -0.445. The van der Waals surface area contributed by atoms with Crippen LogP contribution < -0.4 is 5.56 Å². The van der Waals surface area contributed by atoms with Gasteiger partial charge in [-0.1, -0.05) is 23.7 Å². The highest BCUT2D eigenvalue weighted by Gasteiger charge is 2.10. The molecule has 0 amide bonds. The van der Waals surface area contributed by atoms with E-state index in [1.807, 2.05) is 6.07 Å². The fourth-order valence-electron chi connectivity index (χ4n) is 1.36. The van der Waals surface area contributed by atoms with Gasteiger partial charge in [-0.25, -0.2) is 0 Å². The molecule has 0 radical (unpaired) electrons. The first-order valence-electron chi connectivity index (χ1n) is 4.51. The topological polar surface area (TPSA) is 76.4 Å². The predicted octanol–water partition coefficient (Wildman–Crippen LogP) is 0.951. The number of nitrogens with zero attached hydrogens (tertiary/aromatic N) is 1. The van der Waals surface area contributed by atoms with Crippen LogP contribution in [0.15, 0.2) is 29.1 Å². The van der Waals surface area contributed by atoms with Crippen molar-refractivity contribution in [2.45, 2.75) is 6.54 Å². The lowest BCUT2D eigenvalue weighted by atomic mass is 10.3. The molecule has 16 heavy (non-hydrogen) atoms. The van der Waals surface area contributed by atoms with Gasteiger partial charge < -0.3 is 0 Å². The number of aryl methyl sites for hydroxylation is 1. The Bertz CT molecular complexity index is 668. The molecule has 0 aliphatic rings. The Kier molecular flexibility index (Phi) is 2.83. The van der Waals surface area contributed by atoms with Crippen LogP contribution in [0.1, 0.15) is 0 Å². The zero-order valence-electron chi connectivity index (χ0n) is 8.16. The van der Waals surface area contributed by atoms with Gasteiger partial charge in [0.15, 0.2) is 0 Å². The maximum atomic E-state index is 11.7. The standard InChI is InChI=1S/C9H9NO4S2/c11-9-7-3-1-2-4-8(7)15-10(9)5-6-16(12,13)14/h1-4H,5-6H2,(H,12,13,14). The lowest BCUT2D eigenvalue weighted by molar-refractivity contribution is 0.479. The molecule has 0 saturated carbocycles. The van der Waals surface area contributed by atoms with Crippen molar-refractivity contribution in [3.8, 4) is 0 Å². The van der Waals surface area contributed by atoms with Crippen molar-refractivity contribution in [1.82, 2.24) is 3.96 Å². The number of aromatic nitrogens is 1. The molecular weight excluding hydrogens is 250 g/mol. The molecule has 0 saturated heterocycles. The summed E-state index contributed by atoms with van der Waals surface area (Å²) in [5, 5.41) is 0.572. The van der Waals surface area contributed by atoms with Crippen LogP contribution in [0.2, 0.25) is 0 Å². The fourth-order valence-corrected chi connectivity index (χ4v) is 2.89. The maximum Gasteiger partial charge on any atom is 0.268 e. The summed E-state index contributed by atoms with van der Waals surface area (Å²) < 4.78 is 31.9. The van der Waals surface area contributed by atoms with Crippen molar-refractivity contribution in [1.29, 1.82) is 0 Å². The van der Waals surface area contributed by atoms with Crippen molar-refractivity contribution in [3.05, 3.63) is 34.6 Å². The zero-order chi connectivity index (χ0) is 11.8. The van der Waals surface area contributed by atoms with Crippen molar-refractivity contribution in [2.75, 3.05) is 5.75 Å². The molecule has 86 valence electrons. The van der Waals surface area contributed by atoms with Gasteiger partial charge in [-0.3, -0.25) is 13.3 Å². The van der Waals surface area contributed by atoms with Crippen LogP contribution in [-0.2, 0) is 16.7 Å². The molecule has 7 heteroatoms. The SMILES string of the molecule is O=c1c2ccccc2sn1CCS(=O)(=O)O. The summed E-state index contributed by atoms with van der Waals surface area (Å²) in [4.78, 5) is 11.7. The molecule has 1 aromatic heterocycles. The third kappa shape index (κ3) is 2.31. The molecule has 2 rings (SSSR count). The summed E-state index contributed by atoms with van der Waals surface area (Å²) in [6.07, 6.45) is 0. The largest absolute Gasteiger partial charge is 0.285 e. The average Bonchev–Trinajstić information content (AvgIpc) is 2.53.